The van der Waals surface area contributed by atoms with Crippen LogP contribution in [0.3, 0.4) is 0 Å². The molecule has 2 aromatic rings. The van der Waals surface area contributed by atoms with Crippen LogP contribution < -0.4 is 10.5 Å². The van der Waals surface area contributed by atoms with E-state index in [1.165, 1.54) is 0 Å². The number of carbonyl (C=O) groups excluding carboxylic acids is 1. The summed E-state index contributed by atoms with van der Waals surface area (Å²) in [5, 5.41) is 0.931. The Morgan fingerprint density at radius 1 is 1.21 bits per heavy atom. The van der Waals surface area contributed by atoms with Gasteiger partial charge in [0.25, 0.3) is 5.56 Å². The van der Waals surface area contributed by atoms with Crippen molar-refractivity contribution < 1.29 is 9.53 Å². The number of hydrogen-bond acceptors (Lipinski definition) is 6. The fraction of sp³-hybridized carbons (Fsp3) is 0.600. The molecule has 0 aromatic carbocycles. The third-order valence-electron chi connectivity index (χ3n) is 5.76. The number of nitrogens with zero attached hydrogens (tertiary/aromatic N) is 5. The molecule has 0 atom stereocenters. The maximum Gasteiger partial charge on any atom is 0.409 e. The fourth-order valence-electron chi connectivity index (χ4n) is 4.23. The highest BCUT2D eigenvalue weighted by Gasteiger charge is 2.25. The molecule has 1 aliphatic heterocycles. The molecular formula is C20H27N5O3. The smallest absolute Gasteiger partial charge is 0.409 e. The first-order valence-corrected chi connectivity index (χ1v) is 10.1. The van der Waals surface area contributed by atoms with Crippen molar-refractivity contribution in [2.45, 2.75) is 45.6 Å². The van der Waals surface area contributed by atoms with E-state index in [-0.39, 0.29) is 17.7 Å². The van der Waals surface area contributed by atoms with Gasteiger partial charge in [-0.1, -0.05) is 12.8 Å². The van der Waals surface area contributed by atoms with E-state index in [9.17, 15) is 9.59 Å². The number of amides is 1. The van der Waals surface area contributed by atoms with Gasteiger partial charge in [0.2, 0.25) is 5.95 Å². The Hall–Kier alpha value is -2.64. The van der Waals surface area contributed by atoms with Crippen molar-refractivity contribution in [3.8, 4) is 0 Å². The SMILES string of the molecule is CCOC(=O)N1CCN(c2ncc3c(C)cc(=O)n(C4CCCC4)c3n2)CC1. The lowest BCUT2D eigenvalue weighted by Crippen LogP contribution is -2.49. The molecule has 8 heteroatoms. The van der Waals surface area contributed by atoms with Crippen LogP contribution in [0.2, 0.25) is 0 Å². The summed E-state index contributed by atoms with van der Waals surface area (Å²) in [5.41, 5.74) is 1.66. The molecule has 0 N–H and O–H groups in total. The monoisotopic (exact) mass is 385 g/mol. The Labute approximate surface area is 164 Å². The zero-order valence-electron chi connectivity index (χ0n) is 16.6. The molecule has 3 heterocycles. The molecule has 1 saturated carbocycles. The number of aryl methyl sites for hydroxylation is 1. The van der Waals surface area contributed by atoms with E-state index in [0.29, 0.717) is 38.7 Å². The number of aromatic nitrogens is 3. The molecule has 1 amide bonds. The highest BCUT2D eigenvalue weighted by molar-refractivity contribution is 5.79. The van der Waals surface area contributed by atoms with Crippen LogP contribution in [-0.2, 0) is 4.74 Å². The second kappa shape index (κ2) is 7.77. The van der Waals surface area contributed by atoms with Gasteiger partial charge in [-0.15, -0.1) is 0 Å². The Kier molecular flexibility index (Phi) is 5.19. The predicted molar refractivity (Wildman–Crippen MR) is 107 cm³/mol. The maximum absolute atomic E-state index is 12.7. The van der Waals surface area contributed by atoms with Gasteiger partial charge in [0.15, 0.2) is 0 Å². The van der Waals surface area contributed by atoms with Crippen molar-refractivity contribution in [2.24, 2.45) is 0 Å². The number of rotatable bonds is 3. The zero-order chi connectivity index (χ0) is 19.7. The molecule has 4 rings (SSSR count). The number of ether oxygens (including phenoxy) is 1. The van der Waals surface area contributed by atoms with Gasteiger partial charge in [-0.2, -0.15) is 4.98 Å². The lowest BCUT2D eigenvalue weighted by Gasteiger charge is -2.34. The standard InChI is InChI=1S/C20H27N5O3/c1-3-28-20(27)24-10-8-23(9-11-24)19-21-13-16-14(2)12-17(26)25(18(16)22-19)15-6-4-5-7-15/h12-13,15H,3-11H2,1-2H3. The van der Waals surface area contributed by atoms with Crippen LogP contribution in [0.15, 0.2) is 17.1 Å². The maximum atomic E-state index is 12.7. The number of hydrogen-bond donors (Lipinski definition) is 0. The van der Waals surface area contributed by atoms with Crippen LogP contribution in [0.25, 0.3) is 11.0 Å². The zero-order valence-corrected chi connectivity index (χ0v) is 16.6. The summed E-state index contributed by atoms with van der Waals surface area (Å²) >= 11 is 0. The second-order valence-corrected chi connectivity index (χ2v) is 7.55. The molecule has 28 heavy (non-hydrogen) atoms. The van der Waals surface area contributed by atoms with Crippen LogP contribution in [0.5, 0.6) is 0 Å². The van der Waals surface area contributed by atoms with Crippen molar-refractivity contribution >= 4 is 23.1 Å². The lowest BCUT2D eigenvalue weighted by molar-refractivity contribution is 0.105. The minimum atomic E-state index is -0.271. The number of carbonyl (C=O) groups is 1. The summed E-state index contributed by atoms with van der Waals surface area (Å²) in [5.74, 6) is 0.618. The number of piperazine rings is 1. The molecule has 1 aliphatic carbocycles. The summed E-state index contributed by atoms with van der Waals surface area (Å²) in [4.78, 5) is 37.8. The Bertz CT molecular complexity index is 927. The van der Waals surface area contributed by atoms with E-state index in [2.05, 4.69) is 9.88 Å². The van der Waals surface area contributed by atoms with Gasteiger partial charge in [0.1, 0.15) is 5.65 Å². The van der Waals surface area contributed by atoms with Crippen LogP contribution in [0, 0.1) is 6.92 Å². The molecular weight excluding hydrogens is 358 g/mol. The quantitative estimate of drug-likeness (QED) is 0.808. The minimum absolute atomic E-state index is 0.0219. The van der Waals surface area contributed by atoms with Gasteiger partial charge in [-0.3, -0.25) is 9.36 Å². The van der Waals surface area contributed by atoms with Gasteiger partial charge in [-0.05, 0) is 32.3 Å². The number of fused-ring (bicyclic) bond motifs is 1. The average molecular weight is 385 g/mol. The van der Waals surface area contributed by atoms with Crippen molar-refractivity contribution in [1.82, 2.24) is 19.4 Å². The van der Waals surface area contributed by atoms with Crippen molar-refractivity contribution in [3.05, 3.63) is 28.2 Å². The summed E-state index contributed by atoms with van der Waals surface area (Å²) in [6.07, 6.45) is 5.91. The molecule has 0 radical (unpaired) electrons. The minimum Gasteiger partial charge on any atom is -0.450 e. The molecule has 150 valence electrons. The van der Waals surface area contributed by atoms with E-state index in [4.69, 9.17) is 9.72 Å². The summed E-state index contributed by atoms with van der Waals surface area (Å²) < 4.78 is 6.95. The summed E-state index contributed by atoms with van der Waals surface area (Å²) in [6, 6.07) is 1.92. The topological polar surface area (TPSA) is 80.6 Å². The first-order chi connectivity index (χ1) is 13.6. The fourth-order valence-corrected chi connectivity index (χ4v) is 4.23. The first kappa shape index (κ1) is 18.7. The Morgan fingerprint density at radius 2 is 1.93 bits per heavy atom. The Balaban J connectivity index is 1.63. The highest BCUT2D eigenvalue weighted by Crippen LogP contribution is 2.31. The first-order valence-electron chi connectivity index (χ1n) is 10.1. The molecule has 2 fully saturated rings. The van der Waals surface area contributed by atoms with Crippen LogP contribution in [0.4, 0.5) is 10.7 Å². The van der Waals surface area contributed by atoms with Gasteiger partial charge in [0.05, 0.1) is 6.61 Å². The van der Waals surface area contributed by atoms with E-state index in [0.717, 1.165) is 42.3 Å². The normalized spacial score (nSPS) is 18.1. The van der Waals surface area contributed by atoms with Gasteiger partial charge in [-0.25, -0.2) is 9.78 Å². The van der Waals surface area contributed by atoms with Gasteiger partial charge >= 0.3 is 6.09 Å². The van der Waals surface area contributed by atoms with E-state index in [1.807, 2.05) is 24.6 Å². The van der Waals surface area contributed by atoms with Crippen molar-refractivity contribution in [2.75, 3.05) is 37.7 Å². The Morgan fingerprint density at radius 3 is 2.61 bits per heavy atom. The largest absolute Gasteiger partial charge is 0.450 e. The molecule has 2 aromatic heterocycles. The lowest BCUT2D eigenvalue weighted by atomic mass is 10.1. The van der Waals surface area contributed by atoms with E-state index >= 15 is 0 Å². The summed E-state index contributed by atoms with van der Waals surface area (Å²) in [7, 11) is 0. The van der Waals surface area contributed by atoms with Crippen LogP contribution >= 0.6 is 0 Å². The number of anilines is 1. The predicted octanol–water partition coefficient (Wildman–Crippen LogP) is 2.49. The third kappa shape index (κ3) is 3.43. The molecule has 1 saturated heterocycles. The molecule has 0 bridgehead atoms. The van der Waals surface area contributed by atoms with Crippen LogP contribution in [0.1, 0.15) is 44.2 Å². The summed E-state index contributed by atoms with van der Waals surface area (Å²) in [6.45, 7) is 6.55. The van der Waals surface area contributed by atoms with Crippen LogP contribution in [-0.4, -0.2) is 58.3 Å². The molecule has 0 spiro atoms. The van der Waals surface area contributed by atoms with Crippen molar-refractivity contribution in [3.63, 3.8) is 0 Å². The van der Waals surface area contributed by atoms with Crippen molar-refractivity contribution in [1.29, 1.82) is 0 Å². The number of pyridine rings is 1. The van der Waals surface area contributed by atoms with E-state index in [1.54, 1.807) is 11.0 Å². The molecule has 0 unspecified atom stereocenters. The third-order valence-corrected chi connectivity index (χ3v) is 5.76. The van der Waals surface area contributed by atoms with Gasteiger partial charge < -0.3 is 14.5 Å². The van der Waals surface area contributed by atoms with E-state index < -0.39 is 0 Å². The highest BCUT2D eigenvalue weighted by atomic mass is 16.6. The van der Waals surface area contributed by atoms with Gasteiger partial charge in [0, 0.05) is 49.9 Å². The second-order valence-electron chi connectivity index (χ2n) is 7.55. The molecule has 2 aliphatic rings. The average Bonchev–Trinajstić information content (AvgIpc) is 3.22. The molecule has 8 nitrogen and oxygen atoms in total.